The van der Waals surface area contributed by atoms with Crippen LogP contribution in [0, 0.1) is 0 Å². The molecule has 0 aliphatic rings. The van der Waals surface area contributed by atoms with Gasteiger partial charge in [-0.05, 0) is 70.8 Å². The van der Waals surface area contributed by atoms with E-state index in [0.717, 1.165) is 0 Å². The van der Waals surface area contributed by atoms with Gasteiger partial charge in [-0.2, -0.15) is 0 Å². The van der Waals surface area contributed by atoms with Crippen LogP contribution in [-0.4, -0.2) is 9.13 Å². The third kappa shape index (κ3) is 3.84. The van der Waals surface area contributed by atoms with Crippen LogP contribution in [0.15, 0.2) is 164 Å². The van der Waals surface area contributed by atoms with Crippen molar-refractivity contribution in [2.45, 2.75) is 0 Å². The molecule has 0 bridgehead atoms. The monoisotopic (exact) mass is 654 g/mol. The first-order valence-electron chi connectivity index (χ1n) is 17.2. The molecule has 3 aromatic heterocycles. The molecule has 0 spiro atoms. The van der Waals surface area contributed by atoms with Crippen LogP contribution in [0.3, 0.4) is 0 Å². The maximum Gasteiger partial charge on any atom is 0.0626 e. The van der Waals surface area contributed by atoms with Crippen molar-refractivity contribution in [2.24, 2.45) is 7.05 Å². The summed E-state index contributed by atoms with van der Waals surface area (Å²) in [6.45, 7) is 0. The predicted molar refractivity (Wildman–Crippen MR) is 216 cm³/mol. The molecule has 0 atom stereocenters. The fraction of sp³-hybridized carbons (Fsp3) is 0.0213. The molecule has 3 heteroatoms. The number of para-hydroxylation sites is 1. The van der Waals surface area contributed by atoms with Gasteiger partial charge < -0.3 is 9.13 Å². The topological polar surface area (TPSA) is 9.86 Å². The Kier molecular flexibility index (Phi) is 5.78. The summed E-state index contributed by atoms with van der Waals surface area (Å²) in [7, 11) is 2.17. The van der Waals surface area contributed by atoms with Gasteiger partial charge in [-0.25, -0.2) is 0 Å². The minimum Gasteiger partial charge on any atom is -0.344 e. The van der Waals surface area contributed by atoms with Gasteiger partial charge in [0.05, 0.1) is 11.0 Å². The number of thiophene rings is 1. The van der Waals surface area contributed by atoms with Gasteiger partial charge in [0.15, 0.2) is 0 Å². The lowest BCUT2D eigenvalue weighted by Crippen LogP contribution is -1.95. The second-order valence-electron chi connectivity index (χ2n) is 13.4. The molecule has 0 aliphatic heterocycles. The van der Waals surface area contributed by atoms with E-state index in [2.05, 4.69) is 180 Å². The Morgan fingerprint density at radius 3 is 1.86 bits per heavy atom. The Hall–Kier alpha value is -6.16. The van der Waals surface area contributed by atoms with Crippen molar-refractivity contribution in [3.05, 3.63) is 164 Å². The van der Waals surface area contributed by atoms with Gasteiger partial charge in [-0.1, -0.05) is 115 Å². The van der Waals surface area contributed by atoms with Crippen LogP contribution >= 0.6 is 11.3 Å². The Bertz CT molecular complexity index is 3160. The van der Waals surface area contributed by atoms with Gasteiger partial charge in [0.1, 0.15) is 0 Å². The van der Waals surface area contributed by atoms with Crippen LogP contribution in [0.25, 0.3) is 102 Å². The van der Waals surface area contributed by atoms with E-state index >= 15 is 0 Å². The Balaban J connectivity index is 1.28. The zero-order chi connectivity index (χ0) is 32.9. The summed E-state index contributed by atoms with van der Waals surface area (Å²) in [6, 6.07) is 60.4. The molecule has 0 saturated heterocycles. The minimum absolute atomic E-state index is 1.17. The molecule has 11 rings (SSSR count). The average molecular weight is 655 g/mol. The lowest BCUT2D eigenvalue weighted by atomic mass is 9.97. The fourth-order valence-electron chi connectivity index (χ4n) is 8.42. The zero-order valence-corrected chi connectivity index (χ0v) is 28.2. The Morgan fingerprint density at radius 1 is 0.400 bits per heavy atom. The first-order chi connectivity index (χ1) is 24.7. The van der Waals surface area contributed by atoms with Crippen molar-refractivity contribution in [3.8, 4) is 27.9 Å². The Morgan fingerprint density at radius 2 is 1.02 bits per heavy atom. The number of nitrogens with zero attached hydrogens (tertiary/aromatic N) is 2. The third-order valence-electron chi connectivity index (χ3n) is 10.7. The van der Waals surface area contributed by atoms with Crippen molar-refractivity contribution in [1.29, 1.82) is 0 Å². The molecule has 11 aromatic rings. The highest BCUT2D eigenvalue weighted by Crippen LogP contribution is 2.48. The number of hydrogen-bond acceptors (Lipinski definition) is 1. The van der Waals surface area contributed by atoms with E-state index in [1.807, 2.05) is 11.3 Å². The maximum atomic E-state index is 2.52. The van der Waals surface area contributed by atoms with E-state index in [-0.39, 0.29) is 0 Å². The molecular formula is C47H30N2S. The van der Waals surface area contributed by atoms with Crippen LogP contribution in [-0.2, 0) is 7.05 Å². The van der Waals surface area contributed by atoms with E-state index in [9.17, 15) is 0 Å². The van der Waals surface area contributed by atoms with Crippen LogP contribution < -0.4 is 0 Å². The predicted octanol–water partition coefficient (Wildman–Crippen LogP) is 13.3. The summed E-state index contributed by atoms with van der Waals surface area (Å²) < 4.78 is 7.50. The molecule has 0 N–H and O–H groups in total. The smallest absolute Gasteiger partial charge is 0.0626 e. The molecule has 0 fully saturated rings. The third-order valence-corrected chi connectivity index (χ3v) is 11.9. The summed E-state index contributed by atoms with van der Waals surface area (Å²) in [5.41, 5.74) is 11.0. The Labute approximate surface area is 292 Å². The zero-order valence-electron chi connectivity index (χ0n) is 27.4. The summed E-state index contributed by atoms with van der Waals surface area (Å²) >= 11 is 1.91. The number of hydrogen-bond donors (Lipinski definition) is 0. The van der Waals surface area contributed by atoms with Gasteiger partial charge in [0.2, 0.25) is 0 Å². The van der Waals surface area contributed by atoms with E-state index in [1.165, 1.54) is 102 Å². The first-order valence-corrected chi connectivity index (χ1v) is 18.0. The number of aromatic nitrogens is 2. The molecular weight excluding hydrogens is 625 g/mol. The average Bonchev–Trinajstić information content (AvgIpc) is 3.83. The molecule has 0 radical (unpaired) electrons. The van der Waals surface area contributed by atoms with E-state index in [0.29, 0.717) is 0 Å². The second kappa shape index (κ2) is 10.4. The van der Waals surface area contributed by atoms with Crippen LogP contribution in [0.4, 0.5) is 0 Å². The molecule has 0 saturated carbocycles. The molecule has 50 heavy (non-hydrogen) atoms. The molecule has 0 amide bonds. The largest absolute Gasteiger partial charge is 0.344 e. The lowest BCUT2D eigenvalue weighted by molar-refractivity contribution is 1.01. The highest BCUT2D eigenvalue weighted by Gasteiger charge is 2.22. The van der Waals surface area contributed by atoms with Crippen LogP contribution in [0.1, 0.15) is 0 Å². The SMILES string of the molecule is Cn1c2ccccc2c2cc(-c3ccc4c(c3)c3c5c6ccccc6sc5c5ccccc5c3n4-c3cccc(-c4ccccc4)c3)ccc21. The van der Waals surface area contributed by atoms with Gasteiger partial charge in [0, 0.05) is 76.3 Å². The van der Waals surface area contributed by atoms with Gasteiger partial charge in [-0.15, -0.1) is 11.3 Å². The molecule has 0 aliphatic carbocycles. The van der Waals surface area contributed by atoms with E-state index < -0.39 is 0 Å². The molecule has 8 aromatic carbocycles. The van der Waals surface area contributed by atoms with Gasteiger partial charge >= 0.3 is 0 Å². The lowest BCUT2D eigenvalue weighted by Gasteiger charge is -2.12. The van der Waals surface area contributed by atoms with Crippen molar-refractivity contribution in [2.75, 3.05) is 0 Å². The van der Waals surface area contributed by atoms with E-state index in [4.69, 9.17) is 0 Å². The maximum absolute atomic E-state index is 2.52. The number of fused-ring (bicyclic) bond motifs is 13. The molecule has 0 unspecified atom stereocenters. The first kappa shape index (κ1) is 27.8. The highest BCUT2D eigenvalue weighted by atomic mass is 32.1. The normalized spacial score (nSPS) is 12.1. The molecule has 2 nitrogen and oxygen atoms in total. The summed E-state index contributed by atoms with van der Waals surface area (Å²) in [4.78, 5) is 0. The number of rotatable bonds is 3. The van der Waals surface area contributed by atoms with Crippen LogP contribution in [0.2, 0.25) is 0 Å². The van der Waals surface area contributed by atoms with Crippen molar-refractivity contribution in [3.63, 3.8) is 0 Å². The number of benzene rings is 8. The highest BCUT2D eigenvalue weighted by molar-refractivity contribution is 7.27. The number of aryl methyl sites for hydroxylation is 1. The van der Waals surface area contributed by atoms with Crippen molar-refractivity contribution >= 4 is 85.9 Å². The van der Waals surface area contributed by atoms with Crippen molar-refractivity contribution < 1.29 is 0 Å². The quantitative estimate of drug-likeness (QED) is 0.179. The summed E-state index contributed by atoms with van der Waals surface area (Å²) in [6.07, 6.45) is 0. The van der Waals surface area contributed by atoms with Gasteiger partial charge in [-0.3, -0.25) is 0 Å². The van der Waals surface area contributed by atoms with Crippen LogP contribution in [0.5, 0.6) is 0 Å². The van der Waals surface area contributed by atoms with Crippen molar-refractivity contribution in [1.82, 2.24) is 9.13 Å². The summed E-state index contributed by atoms with van der Waals surface area (Å²) in [5.74, 6) is 0. The molecule has 3 heterocycles. The molecule has 234 valence electrons. The summed E-state index contributed by atoms with van der Waals surface area (Å²) in [5, 5.41) is 10.4. The minimum atomic E-state index is 1.17. The van der Waals surface area contributed by atoms with E-state index in [1.54, 1.807) is 0 Å². The van der Waals surface area contributed by atoms with Gasteiger partial charge in [0.25, 0.3) is 0 Å². The fourth-order valence-corrected chi connectivity index (χ4v) is 9.67. The second-order valence-corrected chi connectivity index (χ2v) is 14.4. The standard InChI is InChI=1S/C47H30N2S/c1-48-40-20-9-7-16-34(40)38-27-31(22-24-41(38)48)32-23-25-42-39(28-32)44-45-37-19-8-10-21-43(37)50-47(45)36-18-6-5-17-35(36)46(44)49(42)33-15-11-14-30(26-33)29-12-3-2-4-13-29/h2-28H,1H3.